The largest absolute Gasteiger partial charge is 0.488 e. The number of carbonyl (C=O) groups is 1. The zero-order chi connectivity index (χ0) is 21.1. The lowest BCUT2D eigenvalue weighted by Crippen LogP contribution is -2.51. The Morgan fingerprint density at radius 3 is 2.17 bits per heavy atom. The molecule has 0 aromatic heterocycles. The number of β-amino-alcohol motifs (C(OH)–C–C–N with tert-alkyl or cyclic N) is 1. The van der Waals surface area contributed by atoms with E-state index in [1.165, 1.54) is 12.1 Å². The lowest BCUT2D eigenvalue weighted by Gasteiger charge is -2.36. The Morgan fingerprint density at radius 2 is 1.57 bits per heavy atom. The van der Waals surface area contributed by atoms with Crippen LogP contribution < -0.4 is 4.74 Å². The molecule has 0 saturated carbocycles. The van der Waals surface area contributed by atoms with Crippen LogP contribution in [0.1, 0.15) is 16.8 Å². The van der Waals surface area contributed by atoms with E-state index in [2.05, 4.69) is 0 Å². The van der Waals surface area contributed by atoms with E-state index in [9.17, 15) is 14.3 Å². The number of benzene rings is 3. The summed E-state index contributed by atoms with van der Waals surface area (Å²) in [6.07, 6.45) is -0.628. The summed E-state index contributed by atoms with van der Waals surface area (Å²) in [6.45, 7) is 0.699. The number of piperidine rings is 1. The van der Waals surface area contributed by atoms with Crippen LogP contribution in [0, 0.1) is 5.82 Å². The number of ether oxygens (including phenoxy) is 1. The molecule has 6 heteroatoms. The van der Waals surface area contributed by atoms with Gasteiger partial charge in [0.1, 0.15) is 23.8 Å². The van der Waals surface area contributed by atoms with Gasteiger partial charge in [0.15, 0.2) is 0 Å². The molecule has 154 valence electrons. The van der Waals surface area contributed by atoms with Gasteiger partial charge < -0.3 is 14.7 Å². The molecule has 1 N–H and O–H groups in total. The molecule has 0 spiro atoms. The Hall–Kier alpha value is -2.89. The quantitative estimate of drug-likeness (QED) is 0.653. The minimum absolute atomic E-state index is 0.135. The molecule has 30 heavy (non-hydrogen) atoms. The first-order valence-corrected chi connectivity index (χ1v) is 10.1. The zero-order valence-electron chi connectivity index (χ0n) is 16.2. The van der Waals surface area contributed by atoms with Gasteiger partial charge in [-0.15, -0.1) is 0 Å². The number of hydrogen-bond acceptors (Lipinski definition) is 3. The highest BCUT2D eigenvalue weighted by molar-refractivity contribution is 6.30. The molecule has 1 aliphatic rings. The monoisotopic (exact) mass is 425 g/mol. The normalized spacial score (nSPS) is 18.8. The molecule has 4 nitrogen and oxygen atoms in total. The van der Waals surface area contributed by atoms with E-state index in [0.29, 0.717) is 29.3 Å². The predicted molar refractivity (Wildman–Crippen MR) is 114 cm³/mol. The van der Waals surface area contributed by atoms with Crippen molar-refractivity contribution in [2.45, 2.75) is 18.6 Å². The number of halogens is 2. The summed E-state index contributed by atoms with van der Waals surface area (Å²) in [5.74, 6) is 0.219. The van der Waals surface area contributed by atoms with Crippen molar-refractivity contribution >= 4 is 17.5 Å². The van der Waals surface area contributed by atoms with Gasteiger partial charge >= 0.3 is 0 Å². The minimum atomic E-state index is -0.781. The number of aliphatic hydroxyl groups is 1. The van der Waals surface area contributed by atoms with E-state index < -0.39 is 6.10 Å². The molecule has 1 fully saturated rings. The summed E-state index contributed by atoms with van der Waals surface area (Å²) in [5, 5.41) is 11.1. The van der Waals surface area contributed by atoms with Crippen molar-refractivity contribution in [2.75, 3.05) is 13.1 Å². The van der Waals surface area contributed by atoms with Crippen molar-refractivity contribution in [1.82, 2.24) is 4.90 Å². The molecule has 1 saturated heterocycles. The Balaban J connectivity index is 1.38. The molecule has 4 rings (SSSR count). The average Bonchev–Trinajstić information content (AvgIpc) is 2.77. The van der Waals surface area contributed by atoms with Crippen molar-refractivity contribution in [2.24, 2.45) is 0 Å². The molecule has 0 unspecified atom stereocenters. The second-order valence-corrected chi connectivity index (χ2v) is 7.74. The summed E-state index contributed by atoms with van der Waals surface area (Å²) in [5.41, 5.74) is 2.33. The van der Waals surface area contributed by atoms with Crippen molar-refractivity contribution < 1.29 is 19.0 Å². The zero-order valence-corrected chi connectivity index (χ0v) is 16.9. The van der Waals surface area contributed by atoms with E-state index >= 15 is 0 Å². The van der Waals surface area contributed by atoms with Crippen LogP contribution in [0.25, 0.3) is 11.1 Å². The summed E-state index contributed by atoms with van der Waals surface area (Å²) in [4.78, 5) is 14.5. The van der Waals surface area contributed by atoms with Gasteiger partial charge in [-0.25, -0.2) is 4.39 Å². The molecule has 3 aromatic carbocycles. The maximum absolute atomic E-state index is 13.1. The molecule has 0 aliphatic carbocycles. The number of hydrogen-bond donors (Lipinski definition) is 1. The van der Waals surface area contributed by atoms with Gasteiger partial charge in [-0.05, 0) is 59.7 Å². The lowest BCUT2D eigenvalue weighted by atomic mass is 10.0. The smallest absolute Gasteiger partial charge is 0.253 e. The Morgan fingerprint density at radius 1 is 0.967 bits per heavy atom. The first-order chi connectivity index (χ1) is 14.5. The van der Waals surface area contributed by atoms with Crippen molar-refractivity contribution in [3.63, 3.8) is 0 Å². The van der Waals surface area contributed by atoms with Gasteiger partial charge in [-0.2, -0.15) is 0 Å². The Bertz CT molecular complexity index is 1010. The summed E-state index contributed by atoms with van der Waals surface area (Å²) < 4.78 is 18.9. The number of aliphatic hydroxyl groups excluding tert-OH is 1. The van der Waals surface area contributed by atoms with E-state index in [1.54, 1.807) is 53.4 Å². The van der Waals surface area contributed by atoms with Gasteiger partial charge in [0.05, 0.1) is 6.54 Å². The predicted octanol–water partition coefficient (Wildman–Crippen LogP) is 4.80. The van der Waals surface area contributed by atoms with Crippen LogP contribution in [0.2, 0.25) is 5.02 Å². The third kappa shape index (κ3) is 4.64. The van der Waals surface area contributed by atoms with Gasteiger partial charge in [0, 0.05) is 23.6 Å². The topological polar surface area (TPSA) is 49.8 Å². The number of nitrogens with zero attached hydrogens (tertiary/aromatic N) is 1. The molecule has 0 radical (unpaired) electrons. The molecule has 3 aromatic rings. The Kier molecular flexibility index (Phi) is 6.02. The van der Waals surface area contributed by atoms with Gasteiger partial charge in [-0.1, -0.05) is 35.9 Å². The van der Waals surface area contributed by atoms with Crippen molar-refractivity contribution in [3.05, 3.63) is 89.2 Å². The minimum Gasteiger partial charge on any atom is -0.488 e. The van der Waals surface area contributed by atoms with Crippen LogP contribution in [0.5, 0.6) is 5.75 Å². The first kappa shape index (κ1) is 20.4. The van der Waals surface area contributed by atoms with E-state index in [0.717, 1.165) is 11.1 Å². The van der Waals surface area contributed by atoms with Crippen LogP contribution >= 0.6 is 11.6 Å². The third-order valence-corrected chi connectivity index (χ3v) is 5.47. The van der Waals surface area contributed by atoms with Crippen LogP contribution in [0.4, 0.5) is 4.39 Å². The number of rotatable bonds is 4. The van der Waals surface area contributed by atoms with Gasteiger partial charge in [0.2, 0.25) is 0 Å². The summed E-state index contributed by atoms with van der Waals surface area (Å²) >= 11 is 5.88. The fraction of sp³-hybridized carbons (Fsp3) is 0.208. The summed E-state index contributed by atoms with van der Waals surface area (Å²) in [6, 6.07) is 20.4. The van der Waals surface area contributed by atoms with E-state index in [4.69, 9.17) is 16.3 Å². The lowest BCUT2D eigenvalue weighted by molar-refractivity contribution is -0.0198. The Labute approximate surface area is 179 Å². The standard InChI is InChI=1S/C24H21ClFNO3/c25-19-7-11-21(12-8-19)30-23-13-14-27(15-22(23)28)24(29)18-3-1-16(2-4-18)17-5-9-20(26)10-6-17/h1-12,22-23,28H,13-15H2/t22-,23-/m1/s1. The van der Waals surface area contributed by atoms with Crippen LogP contribution in [-0.4, -0.2) is 41.2 Å². The SMILES string of the molecule is O=C(c1ccc(-c2ccc(F)cc2)cc1)N1CC[C@@H](Oc2ccc(Cl)cc2)[C@H](O)C1. The summed E-state index contributed by atoms with van der Waals surface area (Å²) in [7, 11) is 0. The highest BCUT2D eigenvalue weighted by atomic mass is 35.5. The molecule has 1 amide bonds. The molecule has 2 atom stereocenters. The maximum Gasteiger partial charge on any atom is 0.253 e. The molecule has 1 aliphatic heterocycles. The van der Waals surface area contributed by atoms with Crippen LogP contribution in [-0.2, 0) is 0 Å². The second kappa shape index (κ2) is 8.86. The number of carbonyl (C=O) groups excluding carboxylic acids is 1. The molecule has 1 heterocycles. The highest BCUT2D eigenvalue weighted by Gasteiger charge is 2.32. The fourth-order valence-corrected chi connectivity index (χ4v) is 3.68. The molecule has 0 bridgehead atoms. The van der Waals surface area contributed by atoms with E-state index in [1.807, 2.05) is 12.1 Å². The number of amides is 1. The average molecular weight is 426 g/mol. The first-order valence-electron chi connectivity index (χ1n) is 9.75. The van der Waals surface area contributed by atoms with Gasteiger partial charge in [-0.3, -0.25) is 4.79 Å². The van der Waals surface area contributed by atoms with Crippen LogP contribution in [0.15, 0.2) is 72.8 Å². The highest BCUT2D eigenvalue weighted by Crippen LogP contribution is 2.24. The van der Waals surface area contributed by atoms with Crippen molar-refractivity contribution in [1.29, 1.82) is 0 Å². The molecular formula is C24H21ClFNO3. The maximum atomic E-state index is 13.1. The van der Waals surface area contributed by atoms with Crippen molar-refractivity contribution in [3.8, 4) is 16.9 Å². The second-order valence-electron chi connectivity index (χ2n) is 7.30. The van der Waals surface area contributed by atoms with Gasteiger partial charge in [0.25, 0.3) is 5.91 Å². The molecular weight excluding hydrogens is 405 g/mol. The van der Waals surface area contributed by atoms with E-state index in [-0.39, 0.29) is 24.4 Å². The fourth-order valence-electron chi connectivity index (χ4n) is 3.55. The third-order valence-electron chi connectivity index (χ3n) is 5.22. The number of likely N-dealkylation sites (tertiary alicyclic amines) is 1. The van der Waals surface area contributed by atoms with Crippen LogP contribution in [0.3, 0.4) is 0 Å².